The average molecular weight is 297 g/mol. The molecule has 112 valence electrons. The van der Waals surface area contributed by atoms with Gasteiger partial charge in [-0.1, -0.05) is 25.8 Å². The number of hydrogen-bond acceptors (Lipinski definition) is 3. The van der Waals surface area contributed by atoms with Crippen LogP contribution in [-0.4, -0.2) is 30.9 Å². The molecule has 0 atom stereocenters. The molecule has 0 bridgehead atoms. The van der Waals surface area contributed by atoms with Crippen LogP contribution in [0.3, 0.4) is 0 Å². The molecule has 0 radical (unpaired) electrons. The molecule has 2 rings (SSSR count). The second-order valence-corrected chi connectivity index (χ2v) is 7.20. The average Bonchev–Trinajstić information content (AvgIpc) is 2.76. The summed E-state index contributed by atoms with van der Waals surface area (Å²) < 4.78 is 26.9. The normalized spacial score (nSPS) is 17.9. The highest BCUT2D eigenvalue weighted by Gasteiger charge is 2.25. The Hall–Kier alpha value is -0.910. The highest BCUT2D eigenvalue weighted by molar-refractivity contribution is 7.89. The number of hydrogen-bond donors (Lipinski definition) is 1. The summed E-state index contributed by atoms with van der Waals surface area (Å²) in [4.78, 5) is 0.306. The minimum Gasteiger partial charge on any atom is -0.392 e. The molecule has 1 aliphatic rings. The van der Waals surface area contributed by atoms with Crippen molar-refractivity contribution in [3.8, 4) is 0 Å². The van der Waals surface area contributed by atoms with Crippen LogP contribution in [0, 0.1) is 0 Å². The van der Waals surface area contributed by atoms with Crippen molar-refractivity contribution in [3.05, 3.63) is 29.3 Å². The van der Waals surface area contributed by atoms with Gasteiger partial charge in [-0.15, -0.1) is 0 Å². The van der Waals surface area contributed by atoms with Crippen molar-refractivity contribution < 1.29 is 13.5 Å². The molecule has 1 aromatic carbocycles. The van der Waals surface area contributed by atoms with E-state index in [1.807, 2.05) is 13.0 Å². The zero-order chi connectivity index (χ0) is 14.6. The van der Waals surface area contributed by atoms with Gasteiger partial charge in [0.2, 0.25) is 10.0 Å². The van der Waals surface area contributed by atoms with E-state index in [4.69, 9.17) is 0 Å². The first kappa shape index (κ1) is 15.5. The molecular formula is C15H23NO3S. The van der Waals surface area contributed by atoms with Crippen LogP contribution in [0.15, 0.2) is 23.1 Å². The Balaban J connectivity index is 2.33. The quantitative estimate of drug-likeness (QED) is 0.928. The third-order valence-corrected chi connectivity index (χ3v) is 5.83. The summed E-state index contributed by atoms with van der Waals surface area (Å²) in [6.07, 6.45) is 4.85. The molecule has 20 heavy (non-hydrogen) atoms. The molecule has 0 aromatic heterocycles. The summed E-state index contributed by atoms with van der Waals surface area (Å²) in [5, 5.41) is 9.39. The van der Waals surface area contributed by atoms with Gasteiger partial charge in [0.25, 0.3) is 0 Å². The van der Waals surface area contributed by atoms with Crippen LogP contribution in [0.4, 0.5) is 0 Å². The van der Waals surface area contributed by atoms with Crippen molar-refractivity contribution >= 4 is 10.0 Å². The van der Waals surface area contributed by atoms with E-state index >= 15 is 0 Å². The van der Waals surface area contributed by atoms with Gasteiger partial charge >= 0.3 is 0 Å². The fourth-order valence-electron chi connectivity index (χ4n) is 2.69. The third kappa shape index (κ3) is 3.22. The summed E-state index contributed by atoms with van der Waals surface area (Å²) in [6, 6.07) is 5.10. The summed E-state index contributed by atoms with van der Waals surface area (Å²) in [6.45, 7) is 3.09. The van der Waals surface area contributed by atoms with Gasteiger partial charge < -0.3 is 5.11 Å². The maximum Gasteiger partial charge on any atom is 0.243 e. The van der Waals surface area contributed by atoms with E-state index in [1.165, 1.54) is 0 Å². The molecule has 5 heteroatoms. The predicted molar refractivity (Wildman–Crippen MR) is 79.0 cm³/mol. The molecule has 4 nitrogen and oxygen atoms in total. The van der Waals surface area contributed by atoms with E-state index in [1.54, 1.807) is 16.4 Å². The Morgan fingerprint density at radius 1 is 1.10 bits per heavy atom. The van der Waals surface area contributed by atoms with E-state index in [-0.39, 0.29) is 6.61 Å². The van der Waals surface area contributed by atoms with Crippen LogP contribution >= 0.6 is 0 Å². The second-order valence-electron chi connectivity index (χ2n) is 5.26. The summed E-state index contributed by atoms with van der Waals surface area (Å²) in [5.41, 5.74) is 1.71. The zero-order valence-electron chi connectivity index (χ0n) is 12.0. The largest absolute Gasteiger partial charge is 0.392 e. The molecule has 0 unspecified atom stereocenters. The second kappa shape index (κ2) is 6.70. The lowest BCUT2D eigenvalue weighted by Crippen LogP contribution is -2.32. The van der Waals surface area contributed by atoms with Crippen molar-refractivity contribution in [2.75, 3.05) is 13.1 Å². The standard InChI is InChI=1S/C15H23NO3S/c1-2-13-7-8-15(11-14(13)12-17)20(18,19)16-9-5-3-4-6-10-16/h7-8,11,17H,2-6,9-10,12H2,1H3. The van der Waals surface area contributed by atoms with Crippen LogP contribution in [0.5, 0.6) is 0 Å². The van der Waals surface area contributed by atoms with Gasteiger partial charge in [-0.05, 0) is 42.5 Å². The lowest BCUT2D eigenvalue weighted by atomic mass is 10.1. The van der Waals surface area contributed by atoms with Crippen molar-refractivity contribution in [2.24, 2.45) is 0 Å². The Morgan fingerprint density at radius 3 is 2.30 bits per heavy atom. The van der Waals surface area contributed by atoms with Crippen LogP contribution < -0.4 is 0 Å². The zero-order valence-corrected chi connectivity index (χ0v) is 12.8. The highest BCUT2D eigenvalue weighted by atomic mass is 32.2. The molecule has 1 saturated heterocycles. The highest BCUT2D eigenvalue weighted by Crippen LogP contribution is 2.23. The molecule has 1 aliphatic heterocycles. The lowest BCUT2D eigenvalue weighted by Gasteiger charge is -2.20. The fourth-order valence-corrected chi connectivity index (χ4v) is 4.25. The van der Waals surface area contributed by atoms with Crippen LogP contribution in [0.25, 0.3) is 0 Å². The smallest absolute Gasteiger partial charge is 0.243 e. The molecule has 0 amide bonds. The molecule has 1 heterocycles. The van der Waals surface area contributed by atoms with Gasteiger partial charge in [0.05, 0.1) is 11.5 Å². The number of sulfonamides is 1. The van der Waals surface area contributed by atoms with Gasteiger partial charge in [-0.2, -0.15) is 4.31 Å². The molecule has 0 saturated carbocycles. The molecule has 0 spiro atoms. The Kier molecular flexibility index (Phi) is 5.18. The Bertz CT molecular complexity index is 546. The number of aliphatic hydroxyl groups excluding tert-OH is 1. The van der Waals surface area contributed by atoms with Crippen LogP contribution in [0.2, 0.25) is 0 Å². The van der Waals surface area contributed by atoms with E-state index < -0.39 is 10.0 Å². The Labute approximate surface area is 121 Å². The van der Waals surface area contributed by atoms with E-state index in [0.29, 0.717) is 23.5 Å². The number of nitrogens with zero attached hydrogens (tertiary/aromatic N) is 1. The SMILES string of the molecule is CCc1ccc(S(=O)(=O)N2CCCCCC2)cc1CO. The maximum atomic E-state index is 12.7. The number of rotatable bonds is 4. The van der Waals surface area contributed by atoms with Gasteiger partial charge in [0, 0.05) is 13.1 Å². The summed E-state index contributed by atoms with van der Waals surface area (Å²) in [5.74, 6) is 0. The number of aryl methyl sites for hydroxylation is 1. The molecule has 0 aliphatic carbocycles. The topological polar surface area (TPSA) is 57.6 Å². The lowest BCUT2D eigenvalue weighted by molar-refractivity contribution is 0.280. The monoisotopic (exact) mass is 297 g/mol. The molecule has 1 fully saturated rings. The van der Waals surface area contributed by atoms with E-state index in [9.17, 15) is 13.5 Å². The van der Waals surface area contributed by atoms with Crippen LogP contribution in [0.1, 0.15) is 43.7 Å². The predicted octanol–water partition coefficient (Wildman–Crippen LogP) is 2.31. The molecule has 1 aromatic rings. The maximum absolute atomic E-state index is 12.7. The molecular weight excluding hydrogens is 274 g/mol. The van der Waals surface area contributed by atoms with Gasteiger partial charge in [-0.25, -0.2) is 8.42 Å². The fraction of sp³-hybridized carbons (Fsp3) is 0.600. The van der Waals surface area contributed by atoms with Crippen LogP contribution in [-0.2, 0) is 23.1 Å². The number of benzene rings is 1. The van der Waals surface area contributed by atoms with Gasteiger partial charge in [0.1, 0.15) is 0 Å². The minimum absolute atomic E-state index is 0.119. The van der Waals surface area contributed by atoms with Gasteiger partial charge in [-0.3, -0.25) is 0 Å². The first-order chi connectivity index (χ1) is 9.59. The molecule has 1 N–H and O–H groups in total. The first-order valence-electron chi connectivity index (χ1n) is 7.32. The van der Waals surface area contributed by atoms with Crippen molar-refractivity contribution in [3.63, 3.8) is 0 Å². The summed E-state index contributed by atoms with van der Waals surface area (Å²) in [7, 11) is -3.42. The van der Waals surface area contributed by atoms with Crippen molar-refractivity contribution in [2.45, 2.75) is 50.5 Å². The van der Waals surface area contributed by atoms with E-state index in [2.05, 4.69) is 0 Å². The summed E-state index contributed by atoms with van der Waals surface area (Å²) >= 11 is 0. The third-order valence-electron chi connectivity index (χ3n) is 3.93. The Morgan fingerprint density at radius 2 is 1.75 bits per heavy atom. The number of aliphatic hydroxyl groups is 1. The van der Waals surface area contributed by atoms with Crippen molar-refractivity contribution in [1.29, 1.82) is 0 Å². The first-order valence-corrected chi connectivity index (χ1v) is 8.76. The van der Waals surface area contributed by atoms with E-state index in [0.717, 1.165) is 37.7 Å². The van der Waals surface area contributed by atoms with Gasteiger partial charge in [0.15, 0.2) is 0 Å². The van der Waals surface area contributed by atoms with Crippen molar-refractivity contribution in [1.82, 2.24) is 4.31 Å². The minimum atomic E-state index is -3.42.